The van der Waals surface area contributed by atoms with Crippen LogP contribution in [0, 0.1) is 12.8 Å². The predicted molar refractivity (Wildman–Crippen MR) is 82.6 cm³/mol. The molecule has 1 aromatic rings. The van der Waals surface area contributed by atoms with Gasteiger partial charge in [0, 0.05) is 6.04 Å². The fourth-order valence-corrected chi connectivity index (χ4v) is 2.61. The Morgan fingerprint density at radius 3 is 2.53 bits per heavy atom. The summed E-state index contributed by atoms with van der Waals surface area (Å²) in [6.45, 7) is 6.59. The van der Waals surface area contributed by atoms with Crippen molar-refractivity contribution in [1.29, 1.82) is 0 Å². The van der Waals surface area contributed by atoms with Crippen molar-refractivity contribution in [3.8, 4) is 5.75 Å². The number of nitrogens with two attached hydrogens (primary N) is 1. The molecule has 2 atom stereocenters. The normalized spacial score (nSPS) is 14.2. The molecule has 1 rings (SSSR count). The van der Waals surface area contributed by atoms with E-state index in [1.165, 1.54) is 31.2 Å². The van der Waals surface area contributed by atoms with E-state index in [2.05, 4.69) is 32.9 Å². The summed E-state index contributed by atoms with van der Waals surface area (Å²) >= 11 is 0. The highest BCUT2D eigenvalue weighted by atomic mass is 16.5. The summed E-state index contributed by atoms with van der Waals surface area (Å²) in [5, 5.41) is 0. The van der Waals surface area contributed by atoms with Crippen LogP contribution < -0.4 is 10.5 Å². The first-order valence-electron chi connectivity index (χ1n) is 7.52. The van der Waals surface area contributed by atoms with Crippen LogP contribution in [-0.4, -0.2) is 7.11 Å². The zero-order chi connectivity index (χ0) is 14.3. The lowest BCUT2D eigenvalue weighted by molar-refractivity contribution is 0.387. The van der Waals surface area contributed by atoms with Gasteiger partial charge in [-0.1, -0.05) is 51.7 Å². The lowest BCUT2D eigenvalue weighted by Gasteiger charge is -2.20. The molecule has 0 spiro atoms. The van der Waals surface area contributed by atoms with E-state index in [1.807, 2.05) is 6.07 Å². The zero-order valence-corrected chi connectivity index (χ0v) is 12.9. The van der Waals surface area contributed by atoms with Gasteiger partial charge in [0.2, 0.25) is 0 Å². The van der Waals surface area contributed by atoms with Crippen LogP contribution in [0.5, 0.6) is 5.75 Å². The van der Waals surface area contributed by atoms with Crippen LogP contribution in [0.15, 0.2) is 18.2 Å². The molecule has 2 heteroatoms. The van der Waals surface area contributed by atoms with Crippen LogP contribution >= 0.6 is 0 Å². The number of unbranched alkanes of at least 4 members (excludes halogenated alkanes) is 1. The summed E-state index contributed by atoms with van der Waals surface area (Å²) in [5.74, 6) is 1.69. The Hall–Kier alpha value is -1.02. The number of aryl methyl sites for hydroxylation is 1. The maximum absolute atomic E-state index is 6.36. The molecule has 108 valence electrons. The van der Waals surface area contributed by atoms with Gasteiger partial charge in [-0.3, -0.25) is 0 Å². The molecule has 2 nitrogen and oxygen atoms in total. The second kappa shape index (κ2) is 8.21. The second-order valence-electron chi connectivity index (χ2n) is 5.49. The summed E-state index contributed by atoms with van der Waals surface area (Å²) in [5.41, 5.74) is 8.76. The first-order valence-corrected chi connectivity index (χ1v) is 7.52. The minimum Gasteiger partial charge on any atom is -0.496 e. The maximum Gasteiger partial charge on any atom is 0.121 e. The highest BCUT2D eigenvalue weighted by Gasteiger charge is 2.14. The molecule has 1 aromatic carbocycles. The molecule has 0 aliphatic heterocycles. The Bertz CT molecular complexity index is 376. The van der Waals surface area contributed by atoms with Gasteiger partial charge in [0.15, 0.2) is 0 Å². The molecule has 0 aliphatic carbocycles. The Morgan fingerprint density at radius 2 is 2.00 bits per heavy atom. The topological polar surface area (TPSA) is 35.2 Å². The van der Waals surface area contributed by atoms with Crippen molar-refractivity contribution in [2.45, 2.75) is 58.9 Å². The van der Waals surface area contributed by atoms with Gasteiger partial charge < -0.3 is 10.5 Å². The van der Waals surface area contributed by atoms with Crippen LogP contribution in [0.3, 0.4) is 0 Å². The van der Waals surface area contributed by atoms with E-state index in [-0.39, 0.29) is 6.04 Å². The summed E-state index contributed by atoms with van der Waals surface area (Å²) in [6, 6.07) is 6.43. The Labute approximate surface area is 118 Å². The third-order valence-electron chi connectivity index (χ3n) is 3.98. The van der Waals surface area contributed by atoms with Crippen molar-refractivity contribution in [3.05, 3.63) is 29.3 Å². The smallest absolute Gasteiger partial charge is 0.121 e. The average molecular weight is 263 g/mol. The minimum atomic E-state index is 0.145. The number of methoxy groups -OCH3 is 1. The lowest BCUT2D eigenvalue weighted by Crippen LogP contribution is -2.15. The van der Waals surface area contributed by atoms with Crippen molar-refractivity contribution in [1.82, 2.24) is 0 Å². The number of rotatable bonds is 8. The van der Waals surface area contributed by atoms with Gasteiger partial charge in [0.05, 0.1) is 7.11 Å². The van der Waals surface area contributed by atoms with Crippen molar-refractivity contribution >= 4 is 0 Å². The van der Waals surface area contributed by atoms with E-state index in [9.17, 15) is 0 Å². The van der Waals surface area contributed by atoms with Gasteiger partial charge in [-0.05, 0) is 36.5 Å². The first-order chi connectivity index (χ1) is 9.12. The molecule has 0 bridgehead atoms. The van der Waals surface area contributed by atoms with Crippen LogP contribution in [0.2, 0.25) is 0 Å². The maximum atomic E-state index is 6.36. The fourth-order valence-electron chi connectivity index (χ4n) is 2.61. The molecule has 2 unspecified atom stereocenters. The Kier molecular flexibility index (Phi) is 6.93. The molecule has 2 N–H and O–H groups in total. The van der Waals surface area contributed by atoms with Gasteiger partial charge in [-0.2, -0.15) is 0 Å². The molecule has 0 heterocycles. The fraction of sp³-hybridized carbons (Fsp3) is 0.647. The quantitative estimate of drug-likeness (QED) is 0.743. The lowest BCUT2D eigenvalue weighted by atomic mass is 9.89. The van der Waals surface area contributed by atoms with E-state index in [4.69, 9.17) is 10.5 Å². The number of hydrogen-bond donors (Lipinski definition) is 1. The van der Waals surface area contributed by atoms with Crippen LogP contribution in [-0.2, 0) is 0 Å². The molecule has 19 heavy (non-hydrogen) atoms. The molecule has 0 fully saturated rings. The molecule has 0 radical (unpaired) electrons. The SMILES string of the molecule is CCCCC(CC)CC(N)c1ccc(OC)c(C)c1. The number of hydrogen-bond acceptors (Lipinski definition) is 2. The van der Waals surface area contributed by atoms with E-state index in [0.717, 1.165) is 23.7 Å². The largest absolute Gasteiger partial charge is 0.496 e. The third kappa shape index (κ3) is 4.87. The van der Waals surface area contributed by atoms with E-state index in [0.29, 0.717) is 0 Å². The average Bonchev–Trinajstić information content (AvgIpc) is 2.43. The summed E-state index contributed by atoms with van der Waals surface area (Å²) in [7, 11) is 1.71. The molecule has 0 saturated heterocycles. The van der Waals surface area contributed by atoms with Crippen molar-refractivity contribution < 1.29 is 4.74 Å². The third-order valence-corrected chi connectivity index (χ3v) is 3.98. The van der Waals surface area contributed by atoms with Gasteiger partial charge >= 0.3 is 0 Å². The Balaban J connectivity index is 2.65. The molecule has 0 aliphatic rings. The van der Waals surface area contributed by atoms with Crippen LogP contribution in [0.1, 0.15) is 63.1 Å². The first kappa shape index (κ1) is 16.0. The van der Waals surface area contributed by atoms with Crippen molar-refractivity contribution in [2.24, 2.45) is 11.7 Å². The Morgan fingerprint density at radius 1 is 1.26 bits per heavy atom. The number of ether oxygens (including phenoxy) is 1. The highest BCUT2D eigenvalue weighted by molar-refractivity contribution is 5.37. The monoisotopic (exact) mass is 263 g/mol. The molecule has 0 aromatic heterocycles. The van der Waals surface area contributed by atoms with Gasteiger partial charge in [0.1, 0.15) is 5.75 Å². The zero-order valence-electron chi connectivity index (χ0n) is 12.9. The minimum absolute atomic E-state index is 0.145. The standard InChI is InChI=1S/C17H29NO/c1-5-7-8-14(6-2)12-16(18)15-9-10-17(19-4)13(3)11-15/h9-11,14,16H,5-8,12,18H2,1-4H3. The van der Waals surface area contributed by atoms with Crippen LogP contribution in [0.4, 0.5) is 0 Å². The van der Waals surface area contributed by atoms with Crippen molar-refractivity contribution in [3.63, 3.8) is 0 Å². The predicted octanol–water partition coefficient (Wildman–Crippen LogP) is 4.61. The molecule has 0 saturated carbocycles. The summed E-state index contributed by atoms with van der Waals surface area (Å²) in [6.07, 6.45) is 6.20. The van der Waals surface area contributed by atoms with E-state index in [1.54, 1.807) is 7.11 Å². The van der Waals surface area contributed by atoms with Crippen molar-refractivity contribution in [2.75, 3.05) is 7.11 Å². The van der Waals surface area contributed by atoms with Gasteiger partial charge in [-0.15, -0.1) is 0 Å². The second-order valence-corrected chi connectivity index (χ2v) is 5.49. The van der Waals surface area contributed by atoms with Gasteiger partial charge in [0.25, 0.3) is 0 Å². The van der Waals surface area contributed by atoms with Gasteiger partial charge in [-0.25, -0.2) is 0 Å². The van der Waals surface area contributed by atoms with E-state index < -0.39 is 0 Å². The molecular weight excluding hydrogens is 234 g/mol. The summed E-state index contributed by atoms with van der Waals surface area (Å²) < 4.78 is 5.29. The summed E-state index contributed by atoms with van der Waals surface area (Å²) in [4.78, 5) is 0. The highest BCUT2D eigenvalue weighted by Crippen LogP contribution is 2.27. The van der Waals surface area contributed by atoms with Crippen LogP contribution in [0.25, 0.3) is 0 Å². The molecular formula is C17H29NO. The van der Waals surface area contributed by atoms with E-state index >= 15 is 0 Å². The number of benzene rings is 1. The molecule has 0 amide bonds.